The molecular formula is C16H20O3. The lowest BCUT2D eigenvalue weighted by Gasteiger charge is -2.48. The van der Waals surface area contributed by atoms with Crippen molar-refractivity contribution >= 4 is 5.78 Å². The van der Waals surface area contributed by atoms with Gasteiger partial charge in [-0.3, -0.25) is 4.79 Å². The molecule has 0 spiro atoms. The lowest BCUT2D eigenvalue weighted by Crippen LogP contribution is -2.49. The summed E-state index contributed by atoms with van der Waals surface area (Å²) in [6, 6.07) is 0. The molecule has 0 aromatic heterocycles. The SMILES string of the molecule is CC1=C2C(=O)C[C@H]3O[C@H](CO)C=C[C@@H]3[C@@]2(C)C=CC1. The molecule has 1 heterocycles. The van der Waals surface area contributed by atoms with Crippen LogP contribution in [-0.4, -0.2) is 29.7 Å². The van der Waals surface area contributed by atoms with Gasteiger partial charge >= 0.3 is 0 Å². The molecule has 0 unspecified atom stereocenters. The fourth-order valence-corrected chi connectivity index (χ4v) is 3.81. The minimum Gasteiger partial charge on any atom is -0.393 e. The van der Waals surface area contributed by atoms with Crippen LogP contribution in [-0.2, 0) is 9.53 Å². The predicted octanol–water partition coefficient (Wildman–Crippen LogP) is 2.17. The second-order valence-corrected chi connectivity index (χ2v) is 5.98. The van der Waals surface area contributed by atoms with Gasteiger partial charge in [-0.2, -0.15) is 0 Å². The van der Waals surface area contributed by atoms with E-state index in [-0.39, 0.29) is 35.9 Å². The molecule has 0 aromatic rings. The molecule has 3 nitrogen and oxygen atoms in total. The number of Topliss-reactive ketones (excluding diaryl/α,β-unsaturated/α-hetero) is 1. The maximum atomic E-state index is 12.4. The summed E-state index contributed by atoms with van der Waals surface area (Å²) in [5.74, 6) is 0.395. The van der Waals surface area contributed by atoms with E-state index in [1.807, 2.05) is 6.08 Å². The minimum atomic E-state index is -0.267. The van der Waals surface area contributed by atoms with Crippen LogP contribution in [0.3, 0.4) is 0 Å². The van der Waals surface area contributed by atoms with Crippen molar-refractivity contribution in [1.82, 2.24) is 0 Å². The molecule has 1 saturated carbocycles. The number of hydrogen-bond donors (Lipinski definition) is 1. The molecule has 4 atom stereocenters. The van der Waals surface area contributed by atoms with Gasteiger partial charge in [0.05, 0.1) is 18.8 Å². The van der Waals surface area contributed by atoms with Crippen molar-refractivity contribution in [2.24, 2.45) is 11.3 Å². The highest BCUT2D eigenvalue weighted by molar-refractivity contribution is 5.99. The average molecular weight is 260 g/mol. The number of rotatable bonds is 1. The molecule has 102 valence electrons. The molecule has 0 aromatic carbocycles. The highest BCUT2D eigenvalue weighted by Gasteiger charge is 2.50. The Hall–Kier alpha value is -1.19. The molecule has 0 radical (unpaired) electrons. The number of fused-ring (bicyclic) bond motifs is 3. The molecule has 2 aliphatic carbocycles. The second kappa shape index (κ2) is 4.43. The topological polar surface area (TPSA) is 46.5 Å². The number of ketones is 1. The third kappa shape index (κ3) is 1.84. The first kappa shape index (κ1) is 12.8. The van der Waals surface area contributed by atoms with Gasteiger partial charge in [0.1, 0.15) is 0 Å². The minimum absolute atomic E-state index is 0.0256. The standard InChI is InChI=1S/C16H20O3/c1-10-4-3-7-16(2)12-6-5-11(9-17)19-14(12)8-13(18)15(10)16/h3,5-7,11-12,14,17H,4,8-9H2,1-2H3/t11-,12-,14+,16+/m0/s1. The predicted molar refractivity (Wildman–Crippen MR) is 72.6 cm³/mol. The zero-order chi connectivity index (χ0) is 13.6. The number of ether oxygens (including phenoxy) is 1. The van der Waals surface area contributed by atoms with Crippen LogP contribution in [0.5, 0.6) is 0 Å². The largest absolute Gasteiger partial charge is 0.393 e. The summed E-state index contributed by atoms with van der Waals surface area (Å²) < 4.78 is 5.85. The summed E-state index contributed by atoms with van der Waals surface area (Å²) in [4.78, 5) is 12.4. The Morgan fingerprint density at radius 2 is 2.26 bits per heavy atom. The first-order valence-corrected chi connectivity index (χ1v) is 6.92. The molecule has 3 heteroatoms. The van der Waals surface area contributed by atoms with Gasteiger partial charge in [-0.25, -0.2) is 0 Å². The van der Waals surface area contributed by atoms with E-state index in [9.17, 15) is 9.90 Å². The quantitative estimate of drug-likeness (QED) is 0.735. The molecule has 3 rings (SSSR count). The van der Waals surface area contributed by atoms with Crippen LogP contribution >= 0.6 is 0 Å². The van der Waals surface area contributed by atoms with Crippen molar-refractivity contribution in [3.8, 4) is 0 Å². The Labute approximate surface area is 113 Å². The van der Waals surface area contributed by atoms with Crippen LogP contribution in [0, 0.1) is 11.3 Å². The molecule has 1 fully saturated rings. The number of carbonyl (C=O) groups is 1. The third-order valence-corrected chi connectivity index (χ3v) is 4.67. The number of hydrogen-bond acceptors (Lipinski definition) is 3. The highest BCUT2D eigenvalue weighted by atomic mass is 16.5. The van der Waals surface area contributed by atoms with Gasteiger partial charge in [-0.05, 0) is 13.3 Å². The lowest BCUT2D eigenvalue weighted by molar-refractivity contribution is -0.129. The van der Waals surface area contributed by atoms with Crippen molar-refractivity contribution in [2.75, 3.05) is 6.61 Å². The fourth-order valence-electron chi connectivity index (χ4n) is 3.81. The van der Waals surface area contributed by atoms with Crippen molar-refractivity contribution in [1.29, 1.82) is 0 Å². The third-order valence-electron chi connectivity index (χ3n) is 4.67. The fraction of sp³-hybridized carbons (Fsp3) is 0.562. The number of aliphatic hydroxyl groups excluding tert-OH is 1. The van der Waals surface area contributed by atoms with Crippen LogP contribution in [0.25, 0.3) is 0 Å². The molecular weight excluding hydrogens is 240 g/mol. The molecule has 0 amide bonds. The molecule has 0 bridgehead atoms. The van der Waals surface area contributed by atoms with E-state index in [0.29, 0.717) is 6.42 Å². The summed E-state index contributed by atoms with van der Waals surface area (Å²) in [6.45, 7) is 4.16. The van der Waals surface area contributed by atoms with E-state index in [4.69, 9.17) is 4.74 Å². The lowest BCUT2D eigenvalue weighted by atomic mass is 9.59. The summed E-state index contributed by atoms with van der Waals surface area (Å²) in [6.07, 6.45) is 9.30. The normalized spacial score (nSPS) is 41.2. The number of allylic oxidation sites excluding steroid dienone is 4. The van der Waals surface area contributed by atoms with Gasteiger partial charge in [0.2, 0.25) is 0 Å². The second-order valence-electron chi connectivity index (χ2n) is 5.98. The van der Waals surface area contributed by atoms with Gasteiger partial charge < -0.3 is 9.84 Å². The summed E-state index contributed by atoms with van der Waals surface area (Å²) >= 11 is 0. The van der Waals surface area contributed by atoms with E-state index < -0.39 is 0 Å². The monoisotopic (exact) mass is 260 g/mol. The van der Waals surface area contributed by atoms with E-state index in [2.05, 4.69) is 32.1 Å². The zero-order valence-corrected chi connectivity index (χ0v) is 11.4. The van der Waals surface area contributed by atoms with Gasteiger partial charge in [0.15, 0.2) is 5.78 Å². The van der Waals surface area contributed by atoms with Crippen molar-refractivity contribution in [3.63, 3.8) is 0 Å². The molecule has 19 heavy (non-hydrogen) atoms. The summed E-state index contributed by atoms with van der Waals surface area (Å²) in [5, 5.41) is 9.20. The zero-order valence-electron chi connectivity index (χ0n) is 11.4. The van der Waals surface area contributed by atoms with Gasteiger partial charge in [-0.1, -0.05) is 36.8 Å². The van der Waals surface area contributed by atoms with Crippen molar-refractivity contribution < 1.29 is 14.6 Å². The van der Waals surface area contributed by atoms with Crippen molar-refractivity contribution in [2.45, 2.75) is 38.9 Å². The Balaban J connectivity index is 2.05. The maximum Gasteiger partial charge on any atom is 0.162 e. The first-order chi connectivity index (χ1) is 9.06. The molecule has 1 aliphatic heterocycles. The average Bonchev–Trinajstić information content (AvgIpc) is 2.37. The van der Waals surface area contributed by atoms with E-state index in [0.717, 1.165) is 12.0 Å². The van der Waals surface area contributed by atoms with Gasteiger partial charge in [0, 0.05) is 23.3 Å². The molecule has 1 N–H and O–H groups in total. The van der Waals surface area contributed by atoms with E-state index in [1.165, 1.54) is 5.57 Å². The van der Waals surface area contributed by atoms with Crippen LogP contribution in [0.1, 0.15) is 26.7 Å². The van der Waals surface area contributed by atoms with Crippen LogP contribution < -0.4 is 0 Å². The van der Waals surface area contributed by atoms with Gasteiger partial charge in [0.25, 0.3) is 0 Å². The van der Waals surface area contributed by atoms with Crippen LogP contribution in [0.15, 0.2) is 35.5 Å². The van der Waals surface area contributed by atoms with Crippen LogP contribution in [0.2, 0.25) is 0 Å². The smallest absolute Gasteiger partial charge is 0.162 e. The van der Waals surface area contributed by atoms with Crippen molar-refractivity contribution in [3.05, 3.63) is 35.5 Å². The highest BCUT2D eigenvalue weighted by Crippen LogP contribution is 2.51. The maximum absolute atomic E-state index is 12.4. The summed E-state index contributed by atoms with van der Waals surface area (Å²) in [5.41, 5.74) is 1.91. The number of aliphatic hydroxyl groups is 1. The van der Waals surface area contributed by atoms with Gasteiger partial charge in [-0.15, -0.1) is 0 Å². The number of carbonyl (C=O) groups excluding carboxylic acids is 1. The Morgan fingerprint density at radius 3 is 3.00 bits per heavy atom. The Bertz CT molecular complexity index is 500. The Morgan fingerprint density at radius 1 is 1.47 bits per heavy atom. The van der Waals surface area contributed by atoms with E-state index in [1.54, 1.807) is 0 Å². The van der Waals surface area contributed by atoms with Crippen LogP contribution in [0.4, 0.5) is 0 Å². The first-order valence-electron chi connectivity index (χ1n) is 6.92. The molecule has 0 saturated heterocycles. The molecule has 3 aliphatic rings. The van der Waals surface area contributed by atoms with E-state index >= 15 is 0 Å². The Kier molecular flexibility index (Phi) is 2.99. The summed E-state index contributed by atoms with van der Waals surface area (Å²) in [7, 11) is 0.